The van der Waals surface area contributed by atoms with Gasteiger partial charge in [0.05, 0.1) is 10.7 Å². The number of methoxy groups -OCH3 is 1. The minimum atomic E-state index is -3.80. The van der Waals surface area contributed by atoms with Crippen LogP contribution in [0.4, 0.5) is 0 Å². The lowest BCUT2D eigenvalue weighted by Crippen LogP contribution is -2.33. The van der Waals surface area contributed by atoms with Crippen LogP contribution >= 0.6 is 11.6 Å². The molecule has 0 aliphatic rings. The second-order valence-electron chi connectivity index (χ2n) is 3.35. The molecule has 1 aromatic rings. The van der Waals surface area contributed by atoms with Crippen LogP contribution in [-0.2, 0) is 14.8 Å². The van der Waals surface area contributed by atoms with Crippen molar-refractivity contribution in [1.29, 1.82) is 0 Å². The highest BCUT2D eigenvalue weighted by Gasteiger charge is 2.30. The Bertz CT molecular complexity index is 487. The first-order valence-electron chi connectivity index (χ1n) is 4.68. The number of sulfonamides is 1. The Morgan fingerprint density at radius 2 is 2.24 bits per heavy atom. The van der Waals surface area contributed by atoms with Crippen molar-refractivity contribution >= 4 is 21.6 Å². The topological polar surface area (TPSA) is 82.3 Å². The molecule has 2 atom stereocenters. The molecule has 0 aliphatic heterocycles. The van der Waals surface area contributed by atoms with E-state index in [2.05, 4.69) is 11.6 Å². The van der Waals surface area contributed by atoms with E-state index in [0.29, 0.717) is 10.7 Å². The average molecular weight is 277 g/mol. The number of aromatic nitrogens is 1. The summed E-state index contributed by atoms with van der Waals surface area (Å²) < 4.78 is 27.9. The van der Waals surface area contributed by atoms with E-state index in [1.807, 2.05) is 0 Å². The molecule has 0 spiro atoms. The number of rotatable bonds is 5. The molecule has 5 nitrogen and oxygen atoms in total. The maximum absolute atomic E-state index is 11.4. The zero-order valence-corrected chi connectivity index (χ0v) is 10.8. The zero-order valence-electron chi connectivity index (χ0n) is 9.21. The van der Waals surface area contributed by atoms with Gasteiger partial charge in [0.1, 0.15) is 11.4 Å². The van der Waals surface area contributed by atoms with Gasteiger partial charge in [0.25, 0.3) is 0 Å². The summed E-state index contributed by atoms with van der Waals surface area (Å²) in [4.78, 5) is 4.01. The summed E-state index contributed by atoms with van der Waals surface area (Å²) in [6.45, 7) is 3.45. The van der Waals surface area contributed by atoms with Crippen LogP contribution in [0.15, 0.2) is 31.0 Å². The normalized spacial score (nSPS) is 15.2. The third-order valence-electron chi connectivity index (χ3n) is 2.21. The van der Waals surface area contributed by atoms with E-state index < -0.39 is 21.4 Å². The van der Waals surface area contributed by atoms with E-state index in [4.69, 9.17) is 21.5 Å². The van der Waals surface area contributed by atoms with Crippen molar-refractivity contribution in [2.24, 2.45) is 5.14 Å². The van der Waals surface area contributed by atoms with Crippen LogP contribution in [0, 0.1) is 0 Å². The predicted octanol–water partition coefficient (Wildman–Crippen LogP) is 1.27. The third-order valence-corrected chi connectivity index (χ3v) is 3.63. The number of pyridine rings is 1. The molecule has 1 aromatic heterocycles. The van der Waals surface area contributed by atoms with Crippen LogP contribution in [0.3, 0.4) is 0 Å². The fourth-order valence-electron chi connectivity index (χ4n) is 1.41. The maximum Gasteiger partial charge on any atom is 0.218 e. The molecule has 0 bridgehead atoms. The lowest BCUT2D eigenvalue weighted by atomic mass is 10.1. The summed E-state index contributed by atoms with van der Waals surface area (Å²) in [6, 6.07) is 3.18. The quantitative estimate of drug-likeness (QED) is 0.821. The van der Waals surface area contributed by atoms with Gasteiger partial charge in [-0.05, 0) is 12.1 Å². The average Bonchev–Trinajstić information content (AvgIpc) is 2.25. The zero-order chi connectivity index (χ0) is 13.1. The van der Waals surface area contributed by atoms with E-state index >= 15 is 0 Å². The molecule has 94 valence electrons. The van der Waals surface area contributed by atoms with Crippen molar-refractivity contribution in [3.05, 3.63) is 41.7 Å². The molecule has 0 saturated carbocycles. The summed E-state index contributed by atoms with van der Waals surface area (Å²) in [5, 5.41) is 4.50. The highest BCUT2D eigenvalue weighted by atomic mass is 35.5. The van der Waals surface area contributed by atoms with Crippen molar-refractivity contribution < 1.29 is 13.2 Å². The fourth-order valence-corrected chi connectivity index (χ4v) is 2.38. The largest absolute Gasteiger partial charge is 0.373 e. The molecule has 0 amide bonds. The molecule has 0 aromatic carbocycles. The van der Waals surface area contributed by atoms with Crippen LogP contribution < -0.4 is 5.14 Å². The second kappa shape index (κ2) is 5.59. The van der Waals surface area contributed by atoms with Crippen LogP contribution in [0.25, 0.3) is 0 Å². The number of nitrogens with zero attached hydrogens (tertiary/aromatic N) is 1. The molecule has 0 saturated heterocycles. The van der Waals surface area contributed by atoms with Crippen molar-refractivity contribution in [2.45, 2.75) is 11.4 Å². The number of nitrogens with two attached hydrogens (primary N) is 1. The molecule has 7 heteroatoms. The van der Waals surface area contributed by atoms with Crippen molar-refractivity contribution in [3.63, 3.8) is 0 Å². The number of hydrogen-bond acceptors (Lipinski definition) is 4. The second-order valence-corrected chi connectivity index (χ2v) is 5.51. The Kier molecular flexibility index (Phi) is 4.64. The molecule has 0 radical (unpaired) electrons. The van der Waals surface area contributed by atoms with E-state index in [9.17, 15) is 8.42 Å². The molecule has 1 rings (SSSR count). The molecule has 17 heavy (non-hydrogen) atoms. The number of hydrogen-bond donors (Lipinski definition) is 1. The predicted molar refractivity (Wildman–Crippen MR) is 66.1 cm³/mol. The summed E-state index contributed by atoms with van der Waals surface area (Å²) in [6.07, 6.45) is 1.83. The van der Waals surface area contributed by atoms with Crippen LogP contribution in [0.1, 0.15) is 11.8 Å². The first-order valence-corrected chi connectivity index (χ1v) is 6.67. The van der Waals surface area contributed by atoms with Crippen LogP contribution in [0.2, 0.25) is 5.02 Å². The minimum absolute atomic E-state index is 0.427. The standard InChI is InChI=1S/C10H13ClN2O3S/c1-3-9(17(12,14)15)10(16-2)8-5-4-7(11)6-13-8/h3-6,9-10H,1H2,2H3,(H2,12,14,15)/t9-,10+/m1/s1. The van der Waals surface area contributed by atoms with E-state index in [1.165, 1.54) is 19.4 Å². The van der Waals surface area contributed by atoms with Gasteiger partial charge in [-0.1, -0.05) is 17.7 Å². The van der Waals surface area contributed by atoms with Crippen molar-refractivity contribution in [1.82, 2.24) is 4.98 Å². The monoisotopic (exact) mass is 276 g/mol. The Balaban J connectivity index is 3.14. The van der Waals surface area contributed by atoms with Gasteiger partial charge in [-0.3, -0.25) is 4.98 Å². The van der Waals surface area contributed by atoms with Gasteiger partial charge in [-0.15, -0.1) is 6.58 Å². The molecular weight excluding hydrogens is 264 g/mol. The highest BCUT2D eigenvalue weighted by molar-refractivity contribution is 7.90. The van der Waals surface area contributed by atoms with Crippen LogP contribution in [0.5, 0.6) is 0 Å². The molecule has 0 fully saturated rings. The van der Waals surface area contributed by atoms with E-state index in [0.717, 1.165) is 0 Å². The summed E-state index contributed by atoms with van der Waals surface area (Å²) in [5.74, 6) is 0. The Labute approximate surface area is 105 Å². The van der Waals surface area contributed by atoms with Crippen LogP contribution in [-0.4, -0.2) is 25.8 Å². The number of primary sulfonamides is 1. The van der Waals surface area contributed by atoms with E-state index in [1.54, 1.807) is 12.1 Å². The minimum Gasteiger partial charge on any atom is -0.373 e. The smallest absolute Gasteiger partial charge is 0.218 e. The third kappa shape index (κ3) is 3.50. The van der Waals surface area contributed by atoms with Gasteiger partial charge in [-0.25, -0.2) is 13.6 Å². The summed E-state index contributed by atoms with van der Waals surface area (Å²) in [5.41, 5.74) is 0.427. The van der Waals surface area contributed by atoms with Gasteiger partial charge in [0.2, 0.25) is 10.0 Å². The van der Waals surface area contributed by atoms with E-state index in [-0.39, 0.29) is 0 Å². The lowest BCUT2D eigenvalue weighted by Gasteiger charge is -2.20. The van der Waals surface area contributed by atoms with Gasteiger partial charge < -0.3 is 4.74 Å². The summed E-state index contributed by atoms with van der Waals surface area (Å²) in [7, 11) is -2.42. The molecule has 2 N–H and O–H groups in total. The molecular formula is C10H13ClN2O3S. The van der Waals surface area contributed by atoms with Gasteiger partial charge in [0.15, 0.2) is 0 Å². The highest BCUT2D eigenvalue weighted by Crippen LogP contribution is 2.24. The van der Waals surface area contributed by atoms with Crippen molar-refractivity contribution in [2.75, 3.05) is 7.11 Å². The number of ether oxygens (including phenoxy) is 1. The van der Waals surface area contributed by atoms with Crippen molar-refractivity contribution in [3.8, 4) is 0 Å². The Morgan fingerprint density at radius 3 is 2.59 bits per heavy atom. The fraction of sp³-hybridized carbons (Fsp3) is 0.300. The SMILES string of the molecule is C=C[C@H]([C@@H](OC)c1ccc(Cl)cn1)S(N)(=O)=O. The van der Waals surface area contributed by atoms with Gasteiger partial charge in [-0.2, -0.15) is 0 Å². The lowest BCUT2D eigenvalue weighted by molar-refractivity contribution is 0.104. The van der Waals surface area contributed by atoms with Gasteiger partial charge >= 0.3 is 0 Å². The molecule has 0 aliphatic carbocycles. The van der Waals surface area contributed by atoms with Gasteiger partial charge in [0, 0.05) is 13.3 Å². The first kappa shape index (κ1) is 14.1. The Morgan fingerprint density at radius 1 is 1.59 bits per heavy atom. The summed E-state index contributed by atoms with van der Waals surface area (Å²) >= 11 is 5.70. The number of halogens is 1. The maximum atomic E-state index is 11.4. The molecule has 0 unspecified atom stereocenters. The Hall–Kier alpha value is -0.950. The first-order chi connectivity index (χ1) is 7.90. The molecule has 1 heterocycles.